The second kappa shape index (κ2) is 5.25. The van der Waals surface area contributed by atoms with Crippen molar-refractivity contribution >= 4 is 11.9 Å². The molecule has 98 valence electrons. The minimum atomic E-state index is -0.858. The van der Waals surface area contributed by atoms with Gasteiger partial charge in [0.05, 0.1) is 12.0 Å². The Morgan fingerprint density at radius 3 is 2.61 bits per heavy atom. The molecule has 1 aromatic rings. The SMILES string of the molecule is O=C(O)CC1(NC(=O)c2ccc[nH]2)CCCCC1. The molecule has 0 aromatic carbocycles. The summed E-state index contributed by atoms with van der Waals surface area (Å²) in [6.07, 6.45) is 6.22. The second-order valence-electron chi connectivity index (χ2n) is 4.95. The van der Waals surface area contributed by atoms with E-state index in [4.69, 9.17) is 5.11 Å². The first kappa shape index (κ1) is 12.7. The van der Waals surface area contributed by atoms with E-state index in [0.29, 0.717) is 5.69 Å². The number of carboxylic acids is 1. The number of carboxylic acid groups (broad SMARTS) is 1. The number of nitrogens with one attached hydrogen (secondary N) is 2. The van der Waals surface area contributed by atoms with Crippen molar-refractivity contribution in [2.45, 2.75) is 44.1 Å². The highest BCUT2D eigenvalue weighted by Gasteiger charge is 2.36. The van der Waals surface area contributed by atoms with E-state index in [0.717, 1.165) is 32.1 Å². The highest BCUT2D eigenvalue weighted by atomic mass is 16.4. The Hall–Kier alpha value is -1.78. The number of aromatic nitrogens is 1. The second-order valence-corrected chi connectivity index (χ2v) is 4.95. The molecule has 0 atom stereocenters. The first-order valence-electron chi connectivity index (χ1n) is 6.29. The molecule has 1 saturated carbocycles. The maximum Gasteiger partial charge on any atom is 0.305 e. The summed E-state index contributed by atoms with van der Waals surface area (Å²) in [5, 5.41) is 11.9. The third kappa shape index (κ3) is 2.91. The molecular formula is C13H18N2O3. The smallest absolute Gasteiger partial charge is 0.305 e. The fraction of sp³-hybridized carbons (Fsp3) is 0.538. The Labute approximate surface area is 106 Å². The number of aliphatic carboxylic acids is 1. The monoisotopic (exact) mass is 250 g/mol. The normalized spacial score (nSPS) is 18.2. The summed E-state index contributed by atoms with van der Waals surface area (Å²) >= 11 is 0. The van der Waals surface area contributed by atoms with Gasteiger partial charge in [-0.05, 0) is 25.0 Å². The molecular weight excluding hydrogens is 232 g/mol. The van der Waals surface area contributed by atoms with Gasteiger partial charge in [-0.25, -0.2) is 0 Å². The molecule has 2 rings (SSSR count). The van der Waals surface area contributed by atoms with Crippen LogP contribution in [-0.4, -0.2) is 27.5 Å². The molecule has 5 nitrogen and oxygen atoms in total. The molecule has 0 saturated heterocycles. The van der Waals surface area contributed by atoms with E-state index in [1.165, 1.54) is 0 Å². The average molecular weight is 250 g/mol. The number of carbonyl (C=O) groups is 2. The third-order valence-corrected chi connectivity index (χ3v) is 3.52. The van der Waals surface area contributed by atoms with Crippen molar-refractivity contribution in [3.63, 3.8) is 0 Å². The Morgan fingerprint density at radius 1 is 1.33 bits per heavy atom. The number of hydrogen-bond acceptors (Lipinski definition) is 2. The van der Waals surface area contributed by atoms with Gasteiger partial charge in [-0.15, -0.1) is 0 Å². The van der Waals surface area contributed by atoms with E-state index in [-0.39, 0.29) is 12.3 Å². The lowest BCUT2D eigenvalue weighted by molar-refractivity contribution is -0.139. The van der Waals surface area contributed by atoms with Gasteiger partial charge in [0.25, 0.3) is 5.91 Å². The highest BCUT2D eigenvalue weighted by molar-refractivity contribution is 5.93. The molecule has 0 radical (unpaired) electrons. The standard InChI is InChI=1S/C13H18N2O3/c16-11(17)9-13(6-2-1-3-7-13)15-12(18)10-5-4-8-14-10/h4-5,8,14H,1-3,6-7,9H2,(H,15,18)(H,16,17). The van der Waals surface area contributed by atoms with Gasteiger partial charge < -0.3 is 15.4 Å². The fourth-order valence-electron chi connectivity index (χ4n) is 2.64. The summed E-state index contributed by atoms with van der Waals surface area (Å²) in [7, 11) is 0. The van der Waals surface area contributed by atoms with Crippen molar-refractivity contribution in [2.24, 2.45) is 0 Å². The number of hydrogen-bond donors (Lipinski definition) is 3. The molecule has 5 heteroatoms. The molecule has 1 aromatic heterocycles. The molecule has 18 heavy (non-hydrogen) atoms. The van der Waals surface area contributed by atoms with Crippen molar-refractivity contribution in [3.05, 3.63) is 24.0 Å². The molecule has 0 bridgehead atoms. The van der Waals surface area contributed by atoms with Crippen LogP contribution < -0.4 is 5.32 Å². The third-order valence-electron chi connectivity index (χ3n) is 3.52. The molecule has 1 heterocycles. The maximum absolute atomic E-state index is 12.0. The molecule has 0 aliphatic heterocycles. The van der Waals surface area contributed by atoms with Gasteiger partial charge in [-0.1, -0.05) is 19.3 Å². The molecule has 0 unspecified atom stereocenters. The number of rotatable bonds is 4. The van der Waals surface area contributed by atoms with Crippen molar-refractivity contribution in [3.8, 4) is 0 Å². The van der Waals surface area contributed by atoms with E-state index in [1.807, 2.05) is 0 Å². The Bertz CT molecular complexity index is 419. The number of carbonyl (C=O) groups excluding carboxylic acids is 1. The number of amides is 1. The highest BCUT2D eigenvalue weighted by Crippen LogP contribution is 2.31. The molecule has 1 aliphatic rings. The van der Waals surface area contributed by atoms with Crippen LogP contribution >= 0.6 is 0 Å². The largest absolute Gasteiger partial charge is 0.481 e. The molecule has 1 aliphatic carbocycles. The molecule has 1 fully saturated rings. The Balaban J connectivity index is 2.09. The molecule has 1 amide bonds. The topological polar surface area (TPSA) is 82.2 Å². The van der Waals surface area contributed by atoms with E-state index in [9.17, 15) is 9.59 Å². The predicted octanol–water partition coefficient (Wildman–Crippen LogP) is 1.92. The van der Waals surface area contributed by atoms with Gasteiger partial charge in [0.1, 0.15) is 5.69 Å². The Morgan fingerprint density at radius 2 is 2.06 bits per heavy atom. The zero-order valence-corrected chi connectivity index (χ0v) is 10.2. The summed E-state index contributed by atoms with van der Waals surface area (Å²) in [5.74, 6) is -1.08. The van der Waals surface area contributed by atoms with Gasteiger partial charge in [0.2, 0.25) is 0 Å². The van der Waals surface area contributed by atoms with Crippen LogP contribution in [0.4, 0.5) is 0 Å². The van der Waals surface area contributed by atoms with Crippen LogP contribution in [0.25, 0.3) is 0 Å². The maximum atomic E-state index is 12.0. The quantitative estimate of drug-likeness (QED) is 0.763. The average Bonchev–Trinajstić information content (AvgIpc) is 2.82. The minimum Gasteiger partial charge on any atom is -0.481 e. The summed E-state index contributed by atoms with van der Waals surface area (Å²) in [6.45, 7) is 0. The van der Waals surface area contributed by atoms with Crippen molar-refractivity contribution in [1.29, 1.82) is 0 Å². The summed E-state index contributed by atoms with van der Waals surface area (Å²) in [6, 6.07) is 3.44. The van der Waals surface area contributed by atoms with E-state index < -0.39 is 11.5 Å². The van der Waals surface area contributed by atoms with Crippen LogP contribution in [-0.2, 0) is 4.79 Å². The van der Waals surface area contributed by atoms with Crippen LogP contribution in [0, 0.1) is 0 Å². The first-order valence-corrected chi connectivity index (χ1v) is 6.29. The van der Waals surface area contributed by atoms with Gasteiger partial charge >= 0.3 is 5.97 Å². The van der Waals surface area contributed by atoms with Gasteiger partial charge in [0, 0.05) is 6.20 Å². The zero-order valence-electron chi connectivity index (χ0n) is 10.2. The lowest BCUT2D eigenvalue weighted by Crippen LogP contribution is -2.51. The van der Waals surface area contributed by atoms with Crippen LogP contribution in [0.5, 0.6) is 0 Å². The van der Waals surface area contributed by atoms with E-state index >= 15 is 0 Å². The van der Waals surface area contributed by atoms with E-state index in [1.54, 1.807) is 18.3 Å². The van der Waals surface area contributed by atoms with Crippen LogP contribution in [0.3, 0.4) is 0 Å². The lowest BCUT2D eigenvalue weighted by Gasteiger charge is -2.36. The van der Waals surface area contributed by atoms with Crippen LogP contribution in [0.15, 0.2) is 18.3 Å². The molecule has 3 N–H and O–H groups in total. The van der Waals surface area contributed by atoms with E-state index in [2.05, 4.69) is 10.3 Å². The fourth-order valence-corrected chi connectivity index (χ4v) is 2.64. The lowest BCUT2D eigenvalue weighted by atomic mass is 9.79. The van der Waals surface area contributed by atoms with Gasteiger partial charge in [0.15, 0.2) is 0 Å². The number of H-pyrrole nitrogens is 1. The van der Waals surface area contributed by atoms with Crippen LogP contribution in [0.1, 0.15) is 49.0 Å². The minimum absolute atomic E-state index is 0.000547. The van der Waals surface area contributed by atoms with Gasteiger partial charge in [-0.3, -0.25) is 9.59 Å². The van der Waals surface area contributed by atoms with Gasteiger partial charge in [-0.2, -0.15) is 0 Å². The summed E-state index contributed by atoms with van der Waals surface area (Å²) < 4.78 is 0. The van der Waals surface area contributed by atoms with Crippen LogP contribution in [0.2, 0.25) is 0 Å². The molecule has 0 spiro atoms. The first-order chi connectivity index (χ1) is 8.61. The Kier molecular flexibility index (Phi) is 3.69. The predicted molar refractivity (Wildman–Crippen MR) is 66.3 cm³/mol. The van der Waals surface area contributed by atoms with Crippen molar-refractivity contribution in [1.82, 2.24) is 10.3 Å². The summed E-state index contributed by atoms with van der Waals surface area (Å²) in [5.41, 5.74) is -0.0999. The van der Waals surface area contributed by atoms with Crippen molar-refractivity contribution < 1.29 is 14.7 Å². The summed E-state index contributed by atoms with van der Waals surface area (Å²) in [4.78, 5) is 25.8. The number of aromatic amines is 1. The van der Waals surface area contributed by atoms with Crippen molar-refractivity contribution in [2.75, 3.05) is 0 Å². The zero-order chi connectivity index (χ0) is 13.0.